The SMILES string of the molecule is CO[C@H]1[C@H](N)C[C@H](c2ccncc2Cc2ncc3ccc(-c4c(F)cc(COC5CCOCC5)cc4F)nn23)C[C@@H]1C. The summed E-state index contributed by atoms with van der Waals surface area (Å²) in [6, 6.07) is 8.04. The van der Waals surface area contributed by atoms with Crippen LogP contribution in [0.15, 0.2) is 48.9 Å². The van der Waals surface area contributed by atoms with Crippen LogP contribution in [0.1, 0.15) is 61.0 Å². The van der Waals surface area contributed by atoms with E-state index in [4.69, 9.17) is 19.9 Å². The zero-order chi connectivity index (χ0) is 29.2. The lowest BCUT2D eigenvalue weighted by atomic mass is 9.74. The second-order valence-corrected chi connectivity index (χ2v) is 11.5. The van der Waals surface area contributed by atoms with Crippen LogP contribution >= 0.6 is 0 Å². The topological polar surface area (TPSA) is 96.8 Å². The lowest BCUT2D eigenvalue weighted by Gasteiger charge is -2.38. The molecular weight excluding hydrogens is 540 g/mol. The Kier molecular flexibility index (Phi) is 8.57. The van der Waals surface area contributed by atoms with Crippen molar-refractivity contribution in [2.24, 2.45) is 11.7 Å². The van der Waals surface area contributed by atoms with Gasteiger partial charge in [0.2, 0.25) is 0 Å². The van der Waals surface area contributed by atoms with Crippen LogP contribution in [0, 0.1) is 17.6 Å². The van der Waals surface area contributed by atoms with Crippen LogP contribution < -0.4 is 5.73 Å². The number of nitrogens with two attached hydrogens (primary N) is 1. The minimum Gasteiger partial charge on any atom is -0.381 e. The Bertz CT molecular complexity index is 1500. The molecule has 42 heavy (non-hydrogen) atoms. The molecule has 0 spiro atoms. The smallest absolute Gasteiger partial charge is 0.135 e. The highest BCUT2D eigenvalue weighted by molar-refractivity contribution is 5.63. The molecule has 0 unspecified atom stereocenters. The van der Waals surface area contributed by atoms with Gasteiger partial charge in [-0.25, -0.2) is 18.3 Å². The van der Waals surface area contributed by atoms with Crippen molar-refractivity contribution in [3.63, 3.8) is 0 Å². The van der Waals surface area contributed by atoms with E-state index in [0.717, 1.165) is 36.8 Å². The zero-order valence-electron chi connectivity index (χ0n) is 24.0. The molecule has 2 N–H and O–H groups in total. The van der Waals surface area contributed by atoms with Crippen LogP contribution in [0.3, 0.4) is 0 Å². The van der Waals surface area contributed by atoms with E-state index < -0.39 is 11.6 Å². The number of rotatable bonds is 8. The summed E-state index contributed by atoms with van der Waals surface area (Å²) >= 11 is 0. The first-order chi connectivity index (χ1) is 20.4. The van der Waals surface area contributed by atoms with Crippen LogP contribution in [0.2, 0.25) is 0 Å². The highest BCUT2D eigenvalue weighted by Crippen LogP contribution is 2.38. The summed E-state index contributed by atoms with van der Waals surface area (Å²) in [4.78, 5) is 8.99. The highest BCUT2D eigenvalue weighted by Gasteiger charge is 2.35. The predicted molar refractivity (Wildman–Crippen MR) is 154 cm³/mol. The lowest BCUT2D eigenvalue weighted by Crippen LogP contribution is -2.45. The molecule has 1 aromatic carbocycles. The van der Waals surface area contributed by atoms with Crippen molar-refractivity contribution in [3.8, 4) is 11.3 Å². The summed E-state index contributed by atoms with van der Waals surface area (Å²) in [6.07, 6.45) is 9.27. The van der Waals surface area contributed by atoms with Gasteiger partial charge >= 0.3 is 0 Å². The summed E-state index contributed by atoms with van der Waals surface area (Å²) < 4.78 is 49.1. The Morgan fingerprint density at radius 3 is 2.60 bits per heavy atom. The quantitative estimate of drug-likeness (QED) is 0.307. The highest BCUT2D eigenvalue weighted by atomic mass is 19.1. The van der Waals surface area contributed by atoms with Crippen LogP contribution in [0.4, 0.5) is 8.78 Å². The standard InChI is InChI=1S/C32H37F2N5O3/c1-19-11-21(14-28(35)32(19)40-2)25-5-8-36-16-22(25)15-30-37-17-23-3-4-29(38-39(23)30)31-26(33)12-20(13-27(31)34)18-42-24-6-9-41-10-7-24/h3-5,8,12-13,16-17,19,21,24,28,32H,6-7,9-11,14-15,18,35H2,1-2H3/t19-,21+,28+,32+/m0/s1. The van der Waals surface area contributed by atoms with E-state index >= 15 is 8.78 Å². The van der Waals surface area contributed by atoms with Crippen LogP contribution in [-0.4, -0.2) is 58.2 Å². The molecule has 4 aromatic rings. The van der Waals surface area contributed by atoms with Gasteiger partial charge in [0.05, 0.1) is 41.8 Å². The van der Waals surface area contributed by atoms with Gasteiger partial charge in [-0.3, -0.25) is 4.98 Å². The van der Waals surface area contributed by atoms with E-state index in [9.17, 15) is 0 Å². The number of benzene rings is 1. The van der Waals surface area contributed by atoms with E-state index in [0.29, 0.717) is 36.9 Å². The summed E-state index contributed by atoms with van der Waals surface area (Å²) in [6.45, 7) is 3.60. The normalized spacial score (nSPS) is 23.5. The van der Waals surface area contributed by atoms with Crippen LogP contribution in [-0.2, 0) is 27.2 Å². The largest absolute Gasteiger partial charge is 0.381 e. The summed E-state index contributed by atoms with van der Waals surface area (Å²) in [5.74, 6) is -0.107. The Hall–Kier alpha value is -3.31. The maximum absolute atomic E-state index is 15.3. The average Bonchev–Trinajstić information content (AvgIpc) is 3.38. The third kappa shape index (κ3) is 5.94. The minimum absolute atomic E-state index is 0.0362. The third-order valence-electron chi connectivity index (χ3n) is 8.66. The monoisotopic (exact) mass is 577 g/mol. The van der Waals surface area contributed by atoms with E-state index in [1.54, 1.807) is 36.2 Å². The molecule has 222 valence electrons. The Morgan fingerprint density at radius 1 is 1.07 bits per heavy atom. The summed E-state index contributed by atoms with van der Waals surface area (Å²) in [5, 5.41) is 4.63. The Labute approximate surface area is 244 Å². The van der Waals surface area contributed by atoms with Gasteiger partial charge in [-0.15, -0.1) is 0 Å². The van der Waals surface area contributed by atoms with Crippen molar-refractivity contribution < 1.29 is 23.0 Å². The molecule has 4 atom stereocenters. The molecule has 1 saturated heterocycles. The number of nitrogens with zero attached hydrogens (tertiary/aromatic N) is 4. The number of halogens is 2. The van der Waals surface area contributed by atoms with Gasteiger partial charge in [-0.1, -0.05) is 6.92 Å². The molecule has 2 aliphatic rings. The van der Waals surface area contributed by atoms with E-state index in [1.165, 1.54) is 17.7 Å². The molecule has 0 radical (unpaired) electrons. The van der Waals surface area contributed by atoms with Crippen LogP contribution in [0.5, 0.6) is 0 Å². The van der Waals surface area contributed by atoms with Gasteiger partial charge in [0.1, 0.15) is 17.5 Å². The number of hydrogen-bond acceptors (Lipinski definition) is 7. The first-order valence-corrected chi connectivity index (χ1v) is 14.6. The molecule has 4 heterocycles. The van der Waals surface area contributed by atoms with Crippen molar-refractivity contribution in [2.45, 2.75) is 69.8 Å². The number of imidazole rings is 1. The van der Waals surface area contributed by atoms with Crippen molar-refractivity contribution in [1.82, 2.24) is 19.6 Å². The van der Waals surface area contributed by atoms with Crippen LogP contribution in [0.25, 0.3) is 16.8 Å². The van der Waals surface area contributed by atoms with Gasteiger partial charge in [-0.2, -0.15) is 5.10 Å². The van der Waals surface area contributed by atoms with E-state index in [1.807, 2.05) is 6.20 Å². The number of pyridine rings is 1. The fourth-order valence-corrected chi connectivity index (χ4v) is 6.58. The molecule has 1 aliphatic carbocycles. The predicted octanol–water partition coefficient (Wildman–Crippen LogP) is 5.21. The minimum atomic E-state index is -0.680. The summed E-state index contributed by atoms with van der Waals surface area (Å²) in [7, 11) is 1.72. The number of ether oxygens (including phenoxy) is 3. The second kappa shape index (κ2) is 12.5. The van der Waals surface area contributed by atoms with Gasteiger partial charge in [0.25, 0.3) is 0 Å². The fraction of sp³-hybridized carbons (Fsp3) is 0.469. The summed E-state index contributed by atoms with van der Waals surface area (Å²) in [5.41, 5.74) is 9.90. The van der Waals surface area contributed by atoms with Gasteiger partial charge < -0.3 is 19.9 Å². The number of aromatic nitrogens is 4. The molecule has 0 amide bonds. The van der Waals surface area contributed by atoms with Gasteiger partial charge in [0.15, 0.2) is 0 Å². The van der Waals surface area contributed by atoms with E-state index in [2.05, 4.69) is 28.1 Å². The van der Waals surface area contributed by atoms with E-state index in [-0.39, 0.29) is 42.0 Å². The number of methoxy groups -OCH3 is 1. The maximum Gasteiger partial charge on any atom is 0.135 e. The molecule has 1 saturated carbocycles. The molecule has 3 aromatic heterocycles. The molecule has 10 heteroatoms. The molecule has 1 aliphatic heterocycles. The van der Waals surface area contributed by atoms with Gasteiger partial charge in [-0.05, 0) is 84.5 Å². The fourth-order valence-electron chi connectivity index (χ4n) is 6.58. The third-order valence-corrected chi connectivity index (χ3v) is 8.66. The zero-order valence-corrected chi connectivity index (χ0v) is 24.0. The number of fused-ring (bicyclic) bond motifs is 1. The lowest BCUT2D eigenvalue weighted by molar-refractivity contribution is -0.0391. The first-order valence-electron chi connectivity index (χ1n) is 14.6. The average molecular weight is 578 g/mol. The Morgan fingerprint density at radius 2 is 1.86 bits per heavy atom. The molecule has 6 rings (SSSR count). The molecule has 0 bridgehead atoms. The van der Waals surface area contributed by atoms with Gasteiger partial charge in [0, 0.05) is 45.2 Å². The van der Waals surface area contributed by atoms with Crippen molar-refractivity contribution in [3.05, 3.63) is 83.1 Å². The Balaban J connectivity index is 1.25. The number of hydrogen-bond donors (Lipinski definition) is 1. The molecule has 8 nitrogen and oxygen atoms in total. The first kappa shape index (κ1) is 28.8. The van der Waals surface area contributed by atoms with Crippen molar-refractivity contribution in [1.29, 1.82) is 0 Å². The maximum atomic E-state index is 15.3. The molecule has 2 fully saturated rings. The molecular formula is C32H37F2N5O3. The van der Waals surface area contributed by atoms with Crippen molar-refractivity contribution in [2.75, 3.05) is 20.3 Å². The second-order valence-electron chi connectivity index (χ2n) is 11.5. The van der Waals surface area contributed by atoms with Crippen molar-refractivity contribution >= 4 is 5.52 Å².